The molecule has 0 aliphatic carbocycles. The van der Waals surface area contributed by atoms with E-state index >= 15 is 0 Å². The van der Waals surface area contributed by atoms with Crippen molar-refractivity contribution in [3.8, 4) is 0 Å². The molecule has 114 valence electrons. The topological polar surface area (TPSA) is 44.9 Å². The zero-order valence-electron chi connectivity index (χ0n) is 13.7. The third kappa shape index (κ3) is 4.62. The van der Waals surface area contributed by atoms with Crippen LogP contribution >= 0.6 is 0 Å². The maximum atomic E-state index is 12.3. The van der Waals surface area contributed by atoms with Gasteiger partial charge in [0.05, 0.1) is 6.42 Å². The number of hydrogen-bond acceptors (Lipinski definition) is 1. The van der Waals surface area contributed by atoms with Gasteiger partial charge in [0.2, 0.25) is 5.91 Å². The van der Waals surface area contributed by atoms with E-state index in [1.54, 1.807) is 0 Å². The van der Waals surface area contributed by atoms with Crippen LogP contribution in [-0.2, 0) is 11.2 Å². The minimum absolute atomic E-state index is 0.0788. The number of aromatic nitrogens is 1. The van der Waals surface area contributed by atoms with Crippen LogP contribution in [0.25, 0.3) is 10.9 Å². The molecule has 1 aromatic heterocycles. The molecule has 1 heterocycles. The predicted octanol–water partition coefficient (Wildman–Crippen LogP) is 4.04. The lowest BCUT2D eigenvalue weighted by atomic mass is 9.81. The Morgan fingerprint density at radius 3 is 2.52 bits per heavy atom. The van der Waals surface area contributed by atoms with Crippen LogP contribution in [0.5, 0.6) is 0 Å². The highest BCUT2D eigenvalue weighted by Gasteiger charge is 2.26. The minimum atomic E-state index is -0.189. The third-order valence-electron chi connectivity index (χ3n) is 3.43. The summed E-state index contributed by atoms with van der Waals surface area (Å²) in [5, 5.41) is 4.33. The van der Waals surface area contributed by atoms with Gasteiger partial charge in [-0.05, 0) is 48.8 Å². The monoisotopic (exact) mass is 286 g/mol. The first-order chi connectivity index (χ1) is 9.65. The standard InChI is InChI=1S/C18H26N2O/c1-17(2,3)12-18(4,5)20-16(21)11-13-6-7-14-8-9-19-15(14)10-13/h6-10,19H,11-12H2,1-5H3,(H,20,21). The second kappa shape index (κ2) is 5.55. The van der Waals surface area contributed by atoms with Gasteiger partial charge in [0.25, 0.3) is 0 Å². The second-order valence-electron chi connectivity index (χ2n) is 7.75. The molecule has 0 saturated carbocycles. The number of nitrogens with one attached hydrogen (secondary N) is 2. The Balaban J connectivity index is 2.00. The van der Waals surface area contributed by atoms with Crippen molar-refractivity contribution in [2.24, 2.45) is 5.41 Å². The van der Waals surface area contributed by atoms with E-state index in [1.165, 1.54) is 5.39 Å². The quantitative estimate of drug-likeness (QED) is 0.875. The highest BCUT2D eigenvalue weighted by molar-refractivity contribution is 5.83. The summed E-state index contributed by atoms with van der Waals surface area (Å²) < 4.78 is 0. The van der Waals surface area contributed by atoms with Gasteiger partial charge >= 0.3 is 0 Å². The number of fused-ring (bicyclic) bond motifs is 1. The van der Waals surface area contributed by atoms with Crippen LogP contribution in [0, 0.1) is 5.41 Å². The van der Waals surface area contributed by atoms with Crippen molar-refractivity contribution in [1.29, 1.82) is 0 Å². The van der Waals surface area contributed by atoms with Gasteiger partial charge in [-0.3, -0.25) is 4.79 Å². The fourth-order valence-corrected chi connectivity index (χ4v) is 3.18. The van der Waals surface area contributed by atoms with Gasteiger partial charge < -0.3 is 10.3 Å². The molecule has 0 radical (unpaired) electrons. The lowest BCUT2D eigenvalue weighted by Gasteiger charge is -2.33. The summed E-state index contributed by atoms with van der Waals surface area (Å²) in [5.74, 6) is 0.0788. The maximum absolute atomic E-state index is 12.3. The van der Waals surface area contributed by atoms with Crippen LogP contribution in [0.15, 0.2) is 30.5 Å². The van der Waals surface area contributed by atoms with Crippen LogP contribution in [0.4, 0.5) is 0 Å². The van der Waals surface area contributed by atoms with Crippen LogP contribution in [0.3, 0.4) is 0 Å². The Bertz CT molecular complexity index is 632. The molecule has 3 nitrogen and oxygen atoms in total. The number of carbonyl (C=O) groups excluding carboxylic acids is 1. The molecule has 1 amide bonds. The molecule has 2 rings (SSSR count). The molecule has 0 aliphatic rings. The summed E-state index contributed by atoms with van der Waals surface area (Å²) in [4.78, 5) is 15.4. The van der Waals surface area contributed by atoms with Crippen molar-refractivity contribution in [3.05, 3.63) is 36.0 Å². The SMILES string of the molecule is CC(C)(C)CC(C)(C)NC(=O)Cc1ccc2cc[nH]c2c1. The predicted molar refractivity (Wildman–Crippen MR) is 88.3 cm³/mol. The first kappa shape index (κ1) is 15.6. The van der Waals surface area contributed by atoms with E-state index in [2.05, 4.69) is 51.0 Å². The number of amides is 1. The first-order valence-corrected chi connectivity index (χ1v) is 7.52. The zero-order chi connectivity index (χ0) is 15.7. The van der Waals surface area contributed by atoms with Crippen LogP contribution < -0.4 is 5.32 Å². The van der Waals surface area contributed by atoms with E-state index in [0.29, 0.717) is 6.42 Å². The van der Waals surface area contributed by atoms with E-state index < -0.39 is 0 Å². The number of carbonyl (C=O) groups is 1. The van der Waals surface area contributed by atoms with Gasteiger partial charge in [0.1, 0.15) is 0 Å². The molecule has 2 N–H and O–H groups in total. The Labute approximate surface area is 127 Å². The summed E-state index contributed by atoms with van der Waals surface area (Å²) >= 11 is 0. The second-order valence-corrected chi connectivity index (χ2v) is 7.75. The van der Waals surface area contributed by atoms with Crippen molar-refractivity contribution in [2.75, 3.05) is 0 Å². The Kier molecular flexibility index (Phi) is 4.13. The molecule has 0 aliphatic heterocycles. The number of rotatable bonds is 4. The van der Waals surface area contributed by atoms with Crippen LogP contribution in [-0.4, -0.2) is 16.4 Å². The summed E-state index contributed by atoms with van der Waals surface area (Å²) in [6.07, 6.45) is 3.28. The molecule has 0 saturated heterocycles. The highest BCUT2D eigenvalue weighted by atomic mass is 16.1. The van der Waals surface area contributed by atoms with E-state index in [4.69, 9.17) is 0 Å². The largest absolute Gasteiger partial charge is 0.361 e. The smallest absolute Gasteiger partial charge is 0.224 e. The highest BCUT2D eigenvalue weighted by Crippen LogP contribution is 2.26. The third-order valence-corrected chi connectivity index (χ3v) is 3.43. The Morgan fingerprint density at radius 2 is 1.86 bits per heavy atom. The van der Waals surface area contributed by atoms with Crippen molar-refractivity contribution in [3.63, 3.8) is 0 Å². The molecular formula is C18H26N2O. The zero-order valence-corrected chi connectivity index (χ0v) is 13.7. The van der Waals surface area contributed by atoms with Gasteiger partial charge in [-0.2, -0.15) is 0 Å². The number of benzene rings is 1. The summed E-state index contributed by atoms with van der Waals surface area (Å²) in [7, 11) is 0. The van der Waals surface area contributed by atoms with Gasteiger partial charge in [-0.1, -0.05) is 32.9 Å². The Morgan fingerprint density at radius 1 is 1.14 bits per heavy atom. The summed E-state index contributed by atoms with van der Waals surface area (Å²) in [6.45, 7) is 10.8. The number of hydrogen-bond donors (Lipinski definition) is 2. The van der Waals surface area contributed by atoms with Crippen LogP contribution in [0.2, 0.25) is 0 Å². The van der Waals surface area contributed by atoms with Gasteiger partial charge in [0.15, 0.2) is 0 Å². The fraction of sp³-hybridized carbons (Fsp3) is 0.500. The molecule has 0 spiro atoms. The van der Waals surface area contributed by atoms with Gasteiger partial charge in [-0.15, -0.1) is 0 Å². The van der Waals surface area contributed by atoms with E-state index in [-0.39, 0.29) is 16.9 Å². The normalized spacial score (nSPS) is 12.6. The lowest BCUT2D eigenvalue weighted by Crippen LogP contribution is -2.46. The van der Waals surface area contributed by atoms with E-state index in [0.717, 1.165) is 17.5 Å². The molecule has 2 aromatic rings. The number of aromatic amines is 1. The molecule has 0 fully saturated rings. The van der Waals surface area contributed by atoms with E-state index in [9.17, 15) is 4.79 Å². The summed E-state index contributed by atoms with van der Waals surface area (Å²) in [5.41, 5.74) is 2.12. The molecule has 3 heteroatoms. The molecule has 21 heavy (non-hydrogen) atoms. The molecule has 0 unspecified atom stereocenters. The minimum Gasteiger partial charge on any atom is -0.361 e. The van der Waals surface area contributed by atoms with Crippen molar-refractivity contribution in [2.45, 2.75) is 53.0 Å². The maximum Gasteiger partial charge on any atom is 0.224 e. The average Bonchev–Trinajstić information content (AvgIpc) is 2.71. The summed E-state index contributed by atoms with van der Waals surface area (Å²) in [6, 6.07) is 8.15. The van der Waals surface area contributed by atoms with E-state index in [1.807, 2.05) is 24.4 Å². The molecule has 0 bridgehead atoms. The van der Waals surface area contributed by atoms with Crippen molar-refractivity contribution in [1.82, 2.24) is 10.3 Å². The van der Waals surface area contributed by atoms with Crippen molar-refractivity contribution < 1.29 is 4.79 Å². The molecule has 0 atom stereocenters. The molecule has 1 aromatic carbocycles. The molecular weight excluding hydrogens is 260 g/mol. The first-order valence-electron chi connectivity index (χ1n) is 7.52. The Hall–Kier alpha value is -1.77. The van der Waals surface area contributed by atoms with Gasteiger partial charge in [0, 0.05) is 17.3 Å². The van der Waals surface area contributed by atoms with Crippen LogP contribution in [0.1, 0.15) is 46.6 Å². The van der Waals surface area contributed by atoms with Gasteiger partial charge in [-0.25, -0.2) is 0 Å². The number of H-pyrrole nitrogens is 1. The lowest BCUT2D eigenvalue weighted by molar-refractivity contribution is -0.122. The fourth-order valence-electron chi connectivity index (χ4n) is 3.18. The van der Waals surface area contributed by atoms with Crippen molar-refractivity contribution >= 4 is 16.8 Å². The average molecular weight is 286 g/mol.